The van der Waals surface area contributed by atoms with Crippen LogP contribution in [0.4, 0.5) is 0 Å². The van der Waals surface area contributed by atoms with E-state index in [-0.39, 0.29) is 11.9 Å². The zero-order chi connectivity index (χ0) is 20.9. The Morgan fingerprint density at radius 1 is 1.20 bits per heavy atom. The fourth-order valence-electron chi connectivity index (χ4n) is 4.03. The lowest BCUT2D eigenvalue weighted by atomic mass is 9.98. The van der Waals surface area contributed by atoms with E-state index in [4.69, 9.17) is 13.9 Å². The molecule has 1 unspecified atom stereocenters. The highest BCUT2D eigenvalue weighted by Gasteiger charge is 2.25. The second-order valence-electron chi connectivity index (χ2n) is 7.59. The molecule has 1 atom stereocenters. The number of hydrogen-bond acceptors (Lipinski definition) is 5. The van der Waals surface area contributed by atoms with Gasteiger partial charge in [-0.3, -0.25) is 4.79 Å². The average Bonchev–Trinajstić information content (AvgIpc) is 3.32. The van der Waals surface area contributed by atoms with E-state index in [2.05, 4.69) is 17.1 Å². The minimum Gasteiger partial charge on any atom is -0.493 e. The summed E-state index contributed by atoms with van der Waals surface area (Å²) in [4.78, 5) is 16.4. The van der Waals surface area contributed by atoms with Gasteiger partial charge in [-0.1, -0.05) is 24.3 Å². The number of ether oxygens (including phenoxy) is 2. The van der Waals surface area contributed by atoms with Crippen LogP contribution >= 0.6 is 0 Å². The van der Waals surface area contributed by atoms with E-state index in [9.17, 15) is 4.79 Å². The van der Waals surface area contributed by atoms with Crippen LogP contribution in [-0.2, 0) is 22.4 Å². The van der Waals surface area contributed by atoms with E-state index in [1.165, 1.54) is 11.1 Å². The molecule has 0 saturated heterocycles. The average molecular weight is 405 g/mol. The second kappa shape index (κ2) is 9.16. The van der Waals surface area contributed by atoms with Crippen LogP contribution in [0.2, 0.25) is 0 Å². The van der Waals surface area contributed by atoms with Gasteiger partial charge in [0.05, 0.1) is 25.3 Å². The first-order valence-corrected chi connectivity index (χ1v) is 10.6. The van der Waals surface area contributed by atoms with Gasteiger partial charge in [0.2, 0.25) is 5.89 Å². The summed E-state index contributed by atoms with van der Waals surface area (Å²) in [5.74, 6) is 2.47. The van der Waals surface area contributed by atoms with Crippen molar-refractivity contribution >= 4 is 5.97 Å². The number of oxazole rings is 1. The van der Waals surface area contributed by atoms with E-state index >= 15 is 0 Å². The van der Waals surface area contributed by atoms with Crippen LogP contribution in [0, 0.1) is 6.92 Å². The molecule has 1 aliphatic rings. The predicted octanol–water partition coefficient (Wildman–Crippen LogP) is 5.25. The van der Waals surface area contributed by atoms with Gasteiger partial charge < -0.3 is 13.9 Å². The van der Waals surface area contributed by atoms with Crippen molar-refractivity contribution in [2.45, 2.75) is 45.4 Å². The van der Waals surface area contributed by atoms with Gasteiger partial charge in [-0.05, 0) is 68.0 Å². The first-order valence-electron chi connectivity index (χ1n) is 10.6. The quantitative estimate of drug-likeness (QED) is 0.479. The van der Waals surface area contributed by atoms with Crippen LogP contribution in [0.1, 0.15) is 48.3 Å². The first kappa shape index (κ1) is 20.2. The van der Waals surface area contributed by atoms with Crippen molar-refractivity contribution in [2.75, 3.05) is 13.2 Å². The molecule has 0 radical (unpaired) electrons. The van der Waals surface area contributed by atoms with E-state index in [0.29, 0.717) is 31.9 Å². The largest absolute Gasteiger partial charge is 0.493 e. The number of fused-ring (bicyclic) bond motifs is 1. The van der Waals surface area contributed by atoms with Gasteiger partial charge in [0.15, 0.2) is 0 Å². The number of nitrogens with zero attached hydrogens (tertiary/aromatic N) is 1. The summed E-state index contributed by atoms with van der Waals surface area (Å²) in [6.07, 6.45) is 3.10. The number of carbonyl (C=O) groups excluding carboxylic acids is 1. The molecule has 5 heteroatoms. The number of aryl methyl sites for hydroxylation is 2. The minimum atomic E-state index is -0.117. The molecule has 1 aromatic heterocycles. The van der Waals surface area contributed by atoms with Crippen molar-refractivity contribution in [3.05, 3.63) is 71.1 Å². The maximum Gasteiger partial charge on any atom is 0.306 e. The van der Waals surface area contributed by atoms with Gasteiger partial charge in [-0.2, -0.15) is 0 Å². The Morgan fingerprint density at radius 3 is 2.83 bits per heavy atom. The molecule has 4 rings (SSSR count). The van der Waals surface area contributed by atoms with Gasteiger partial charge in [0.25, 0.3) is 0 Å². The maximum atomic E-state index is 11.8. The molecule has 1 aliphatic carbocycles. The molecule has 0 spiro atoms. The van der Waals surface area contributed by atoms with Gasteiger partial charge in [0.1, 0.15) is 11.5 Å². The number of hydrogen-bond donors (Lipinski definition) is 0. The zero-order valence-electron chi connectivity index (χ0n) is 17.5. The molecule has 30 heavy (non-hydrogen) atoms. The second-order valence-corrected chi connectivity index (χ2v) is 7.59. The molecule has 0 bridgehead atoms. The van der Waals surface area contributed by atoms with E-state index < -0.39 is 0 Å². The fourth-order valence-corrected chi connectivity index (χ4v) is 4.03. The van der Waals surface area contributed by atoms with Gasteiger partial charge >= 0.3 is 5.97 Å². The molecule has 0 N–H and O–H groups in total. The minimum absolute atomic E-state index is 0.117. The van der Waals surface area contributed by atoms with Crippen LogP contribution in [0.3, 0.4) is 0 Å². The highest BCUT2D eigenvalue weighted by atomic mass is 16.5. The summed E-state index contributed by atoms with van der Waals surface area (Å²) < 4.78 is 16.9. The third kappa shape index (κ3) is 4.56. The van der Waals surface area contributed by atoms with Gasteiger partial charge in [0, 0.05) is 12.0 Å². The summed E-state index contributed by atoms with van der Waals surface area (Å²) >= 11 is 0. The number of benzene rings is 2. The van der Waals surface area contributed by atoms with Crippen molar-refractivity contribution in [1.82, 2.24) is 4.98 Å². The fraction of sp³-hybridized carbons (Fsp3) is 0.360. The van der Waals surface area contributed by atoms with Crippen molar-refractivity contribution in [3.8, 4) is 17.2 Å². The highest BCUT2D eigenvalue weighted by molar-refractivity contribution is 5.71. The monoisotopic (exact) mass is 405 g/mol. The Balaban J connectivity index is 1.34. The lowest BCUT2D eigenvalue weighted by molar-refractivity contribution is -0.143. The van der Waals surface area contributed by atoms with Crippen LogP contribution in [-0.4, -0.2) is 24.2 Å². The molecule has 0 fully saturated rings. The van der Waals surface area contributed by atoms with Crippen molar-refractivity contribution in [1.29, 1.82) is 0 Å². The summed E-state index contributed by atoms with van der Waals surface area (Å²) in [5, 5.41) is 0. The molecule has 0 aliphatic heterocycles. The Morgan fingerprint density at radius 2 is 2.03 bits per heavy atom. The number of aromatic nitrogens is 1. The normalized spacial score (nSPS) is 15.1. The molecule has 0 amide bonds. The molecule has 5 nitrogen and oxygen atoms in total. The lowest BCUT2D eigenvalue weighted by Crippen LogP contribution is -2.08. The Kier molecular flexibility index (Phi) is 6.17. The number of carbonyl (C=O) groups is 1. The zero-order valence-corrected chi connectivity index (χ0v) is 17.5. The molecule has 156 valence electrons. The molecule has 3 aromatic rings. The van der Waals surface area contributed by atoms with E-state index in [1.54, 1.807) is 0 Å². The number of rotatable bonds is 8. The van der Waals surface area contributed by atoms with Crippen molar-refractivity contribution in [2.24, 2.45) is 0 Å². The maximum absolute atomic E-state index is 11.8. The molecular weight excluding hydrogens is 378 g/mol. The van der Waals surface area contributed by atoms with Crippen molar-refractivity contribution in [3.63, 3.8) is 0 Å². The van der Waals surface area contributed by atoms with Crippen LogP contribution in [0.5, 0.6) is 5.75 Å². The molecule has 0 saturated carbocycles. The van der Waals surface area contributed by atoms with E-state index in [0.717, 1.165) is 35.6 Å². The highest BCUT2D eigenvalue weighted by Crippen LogP contribution is 2.37. The lowest BCUT2D eigenvalue weighted by Gasteiger charge is -2.12. The number of esters is 1. The molecule has 1 heterocycles. The van der Waals surface area contributed by atoms with Gasteiger partial charge in [-0.25, -0.2) is 4.98 Å². The van der Waals surface area contributed by atoms with E-state index in [1.807, 2.05) is 50.2 Å². The van der Waals surface area contributed by atoms with Crippen LogP contribution in [0.15, 0.2) is 52.9 Å². The summed E-state index contributed by atoms with van der Waals surface area (Å²) in [6, 6.07) is 16.1. The first-order chi connectivity index (χ1) is 14.6. The molecular formula is C25H27NO4. The summed E-state index contributed by atoms with van der Waals surface area (Å²) in [7, 11) is 0. The van der Waals surface area contributed by atoms with Gasteiger partial charge in [-0.15, -0.1) is 0 Å². The summed E-state index contributed by atoms with van der Waals surface area (Å²) in [6.45, 7) is 4.75. The predicted molar refractivity (Wildman–Crippen MR) is 115 cm³/mol. The third-order valence-corrected chi connectivity index (χ3v) is 5.56. The SMILES string of the molecule is CCOC(=O)CC1CCc2cc(OCCc3nc(-c4ccccc4)oc3C)ccc21. The Bertz CT molecular complexity index is 1010. The standard InChI is InChI=1S/C25H27NO4/c1-3-28-24(27)16-20-10-9-19-15-21(11-12-22(19)20)29-14-13-23-17(2)30-25(26-23)18-7-5-4-6-8-18/h4-8,11-12,15,20H,3,9-10,13-14,16H2,1-2H3. The van der Waals surface area contributed by atoms with Crippen molar-refractivity contribution < 1.29 is 18.7 Å². The topological polar surface area (TPSA) is 61.6 Å². The Hall–Kier alpha value is -3.08. The van der Waals surface area contributed by atoms with Crippen LogP contribution in [0.25, 0.3) is 11.5 Å². The van der Waals surface area contributed by atoms with Crippen LogP contribution < -0.4 is 4.74 Å². The third-order valence-electron chi connectivity index (χ3n) is 5.56. The molecule has 2 aromatic carbocycles. The smallest absolute Gasteiger partial charge is 0.306 e. The Labute approximate surface area is 177 Å². The summed E-state index contributed by atoms with van der Waals surface area (Å²) in [5.41, 5.74) is 4.41.